The summed E-state index contributed by atoms with van der Waals surface area (Å²) in [5.74, 6) is 0.162. The molecule has 5 nitrogen and oxygen atoms in total. The van der Waals surface area contributed by atoms with Crippen LogP contribution >= 0.6 is 0 Å². The number of anilines is 1. The van der Waals surface area contributed by atoms with Crippen LogP contribution in [0.25, 0.3) is 11.0 Å². The van der Waals surface area contributed by atoms with Crippen LogP contribution in [0.5, 0.6) is 0 Å². The number of aromatic amines is 1. The van der Waals surface area contributed by atoms with Gasteiger partial charge in [0.1, 0.15) is 5.65 Å². The van der Waals surface area contributed by atoms with E-state index in [1.165, 1.54) is 0 Å². The highest BCUT2D eigenvalue weighted by Crippen LogP contribution is 2.14. The minimum Gasteiger partial charge on any atom is -0.369 e. The zero-order valence-corrected chi connectivity index (χ0v) is 8.16. The second-order valence-electron chi connectivity index (χ2n) is 3.25. The molecule has 0 aliphatic rings. The molecule has 0 unspecified atom stereocenters. The number of nitrogens with two attached hydrogens (primary N) is 1. The van der Waals surface area contributed by atoms with Crippen molar-refractivity contribution in [3.63, 3.8) is 0 Å². The summed E-state index contributed by atoms with van der Waals surface area (Å²) in [4.78, 5) is 18.2. The van der Waals surface area contributed by atoms with E-state index in [4.69, 9.17) is 5.73 Å². The van der Waals surface area contributed by atoms with E-state index in [9.17, 15) is 4.79 Å². The number of hydrogen-bond donors (Lipinski definition) is 2. The van der Waals surface area contributed by atoms with E-state index >= 15 is 0 Å². The van der Waals surface area contributed by atoms with E-state index < -0.39 is 0 Å². The fraction of sp³-hybridized carbons (Fsp3) is 0.333. The summed E-state index contributed by atoms with van der Waals surface area (Å²) in [5, 5.41) is 0.626. The monoisotopic (exact) mass is 192 g/mol. The first kappa shape index (κ1) is 8.80. The lowest BCUT2D eigenvalue weighted by molar-refractivity contribution is 0.785. The lowest BCUT2D eigenvalue weighted by Gasteiger charge is -1.99. The molecule has 0 saturated heterocycles. The molecule has 0 fully saturated rings. The maximum Gasteiger partial charge on any atom is 0.262 e. The van der Waals surface area contributed by atoms with Gasteiger partial charge >= 0.3 is 0 Å². The van der Waals surface area contributed by atoms with E-state index in [-0.39, 0.29) is 11.5 Å². The maximum absolute atomic E-state index is 11.6. The molecular weight excluding hydrogens is 180 g/mol. The van der Waals surface area contributed by atoms with Crippen LogP contribution in [0.15, 0.2) is 11.0 Å². The number of aromatic nitrogens is 3. The molecule has 2 rings (SSSR count). The largest absolute Gasteiger partial charge is 0.369 e. The molecule has 0 aromatic carbocycles. The highest BCUT2D eigenvalue weighted by atomic mass is 16.1. The Bertz CT molecular complexity index is 537. The van der Waals surface area contributed by atoms with Crippen molar-refractivity contribution in [2.75, 3.05) is 5.73 Å². The van der Waals surface area contributed by atoms with Crippen LogP contribution < -0.4 is 11.3 Å². The number of nitrogens with zero attached hydrogens (tertiary/aromatic N) is 2. The molecule has 0 aliphatic heterocycles. The fourth-order valence-corrected chi connectivity index (χ4v) is 1.64. The normalized spacial score (nSPS) is 11.0. The summed E-state index contributed by atoms with van der Waals surface area (Å²) in [6.07, 6.45) is 1.91. The van der Waals surface area contributed by atoms with Crippen LogP contribution in [0.1, 0.15) is 12.5 Å². The van der Waals surface area contributed by atoms with E-state index in [0.717, 1.165) is 12.1 Å². The quantitative estimate of drug-likeness (QED) is 0.695. The number of fused-ring (bicyclic) bond motifs is 1. The Morgan fingerprint density at radius 1 is 1.64 bits per heavy atom. The first-order chi connectivity index (χ1) is 6.63. The molecule has 0 radical (unpaired) electrons. The molecule has 0 atom stereocenters. The van der Waals surface area contributed by atoms with Crippen LogP contribution in [0, 0.1) is 6.92 Å². The van der Waals surface area contributed by atoms with Gasteiger partial charge in [-0.05, 0) is 19.4 Å². The van der Waals surface area contributed by atoms with Gasteiger partial charge < -0.3 is 10.3 Å². The fourth-order valence-electron chi connectivity index (χ4n) is 1.64. The zero-order chi connectivity index (χ0) is 10.3. The van der Waals surface area contributed by atoms with Gasteiger partial charge in [-0.1, -0.05) is 0 Å². The van der Waals surface area contributed by atoms with Crippen LogP contribution in [0.2, 0.25) is 0 Å². The highest BCUT2D eigenvalue weighted by molar-refractivity contribution is 5.79. The first-order valence-corrected chi connectivity index (χ1v) is 4.48. The minimum atomic E-state index is -0.169. The topological polar surface area (TPSA) is 76.7 Å². The lowest BCUT2D eigenvalue weighted by Crippen LogP contribution is -2.12. The van der Waals surface area contributed by atoms with Crippen LogP contribution in [0.3, 0.4) is 0 Å². The third kappa shape index (κ3) is 1.09. The van der Waals surface area contributed by atoms with Crippen molar-refractivity contribution in [3.05, 3.63) is 22.1 Å². The molecule has 3 N–H and O–H groups in total. The van der Waals surface area contributed by atoms with Crippen molar-refractivity contribution in [2.45, 2.75) is 20.4 Å². The van der Waals surface area contributed by atoms with Crippen LogP contribution in [-0.4, -0.2) is 14.5 Å². The summed E-state index contributed by atoms with van der Waals surface area (Å²) in [7, 11) is 0. The van der Waals surface area contributed by atoms with Crippen molar-refractivity contribution in [3.8, 4) is 0 Å². The number of aryl methyl sites for hydroxylation is 2. The molecule has 5 heteroatoms. The first-order valence-electron chi connectivity index (χ1n) is 4.48. The molecule has 74 valence electrons. The molecular formula is C9H12N4O. The Hall–Kier alpha value is -1.78. The van der Waals surface area contributed by atoms with Gasteiger partial charge in [0.25, 0.3) is 5.56 Å². The summed E-state index contributed by atoms with van der Waals surface area (Å²) < 4.78 is 1.91. The Labute approximate surface area is 80.6 Å². The van der Waals surface area contributed by atoms with Crippen molar-refractivity contribution in [1.82, 2.24) is 14.5 Å². The van der Waals surface area contributed by atoms with Crippen LogP contribution in [-0.2, 0) is 6.54 Å². The average Bonchev–Trinajstić information content (AvgIpc) is 2.42. The summed E-state index contributed by atoms with van der Waals surface area (Å²) >= 11 is 0. The second kappa shape index (κ2) is 2.87. The Morgan fingerprint density at radius 3 is 3.00 bits per heavy atom. The van der Waals surface area contributed by atoms with Crippen molar-refractivity contribution in [1.29, 1.82) is 0 Å². The molecule has 2 aromatic rings. The molecule has 0 saturated carbocycles. The van der Waals surface area contributed by atoms with Gasteiger partial charge in [0.15, 0.2) is 0 Å². The lowest BCUT2D eigenvalue weighted by atomic mass is 10.3. The summed E-state index contributed by atoms with van der Waals surface area (Å²) in [5.41, 5.74) is 6.89. The molecule has 0 amide bonds. The van der Waals surface area contributed by atoms with Gasteiger partial charge in [0.05, 0.1) is 5.39 Å². The van der Waals surface area contributed by atoms with Gasteiger partial charge in [0, 0.05) is 12.7 Å². The van der Waals surface area contributed by atoms with Crippen molar-refractivity contribution < 1.29 is 0 Å². The van der Waals surface area contributed by atoms with Gasteiger partial charge in [-0.15, -0.1) is 0 Å². The van der Waals surface area contributed by atoms with E-state index in [0.29, 0.717) is 11.0 Å². The number of H-pyrrole nitrogens is 1. The number of rotatable bonds is 1. The molecule has 2 heterocycles. The SMILES string of the molecule is CCn1cc(C)c2c(=O)[nH]c(N)nc21. The minimum absolute atomic E-state index is 0.162. The second-order valence-corrected chi connectivity index (χ2v) is 3.25. The Kier molecular flexibility index (Phi) is 1.80. The Balaban J connectivity index is 2.96. The molecule has 14 heavy (non-hydrogen) atoms. The van der Waals surface area contributed by atoms with Gasteiger partial charge in [0.2, 0.25) is 5.95 Å². The van der Waals surface area contributed by atoms with Crippen molar-refractivity contribution in [2.24, 2.45) is 0 Å². The van der Waals surface area contributed by atoms with Gasteiger partial charge in [-0.3, -0.25) is 9.78 Å². The highest BCUT2D eigenvalue weighted by Gasteiger charge is 2.09. The molecule has 2 aromatic heterocycles. The Morgan fingerprint density at radius 2 is 2.36 bits per heavy atom. The smallest absolute Gasteiger partial charge is 0.262 e. The number of nitrogen functional groups attached to an aromatic ring is 1. The third-order valence-electron chi connectivity index (χ3n) is 2.28. The van der Waals surface area contributed by atoms with E-state index in [1.807, 2.05) is 24.6 Å². The third-order valence-corrected chi connectivity index (χ3v) is 2.28. The summed E-state index contributed by atoms with van der Waals surface area (Å²) in [6.45, 7) is 4.67. The van der Waals surface area contributed by atoms with Gasteiger partial charge in [-0.25, -0.2) is 0 Å². The predicted molar refractivity (Wildman–Crippen MR) is 55.2 cm³/mol. The molecule has 0 aliphatic carbocycles. The van der Waals surface area contributed by atoms with E-state index in [2.05, 4.69) is 9.97 Å². The maximum atomic E-state index is 11.6. The van der Waals surface area contributed by atoms with Crippen LogP contribution in [0.4, 0.5) is 5.95 Å². The molecule has 0 bridgehead atoms. The van der Waals surface area contributed by atoms with Gasteiger partial charge in [-0.2, -0.15) is 4.98 Å². The average molecular weight is 192 g/mol. The van der Waals surface area contributed by atoms with Crippen molar-refractivity contribution >= 4 is 17.0 Å². The number of nitrogens with one attached hydrogen (secondary N) is 1. The number of hydrogen-bond acceptors (Lipinski definition) is 3. The zero-order valence-electron chi connectivity index (χ0n) is 8.16. The standard InChI is InChI=1S/C9H12N4O/c1-3-13-4-5(2)6-7(13)11-9(10)12-8(6)14/h4H,3H2,1-2H3,(H3,10,11,12,14). The van der Waals surface area contributed by atoms with E-state index in [1.54, 1.807) is 0 Å². The molecule has 0 spiro atoms. The summed E-state index contributed by atoms with van der Waals surface area (Å²) in [6, 6.07) is 0. The predicted octanol–water partition coefficient (Wildman–Crippen LogP) is 0.635.